The fourth-order valence-electron chi connectivity index (χ4n) is 1.99. The zero-order valence-electron chi connectivity index (χ0n) is 11.9. The van der Waals surface area contributed by atoms with Gasteiger partial charge in [-0.1, -0.05) is 38.1 Å². The number of likely N-dealkylation sites (N-methyl/N-ethyl adjacent to an activating group) is 1. The van der Waals surface area contributed by atoms with E-state index in [1.54, 1.807) is 7.11 Å². The molecule has 1 aromatic carbocycles. The molecule has 3 heteroatoms. The van der Waals surface area contributed by atoms with Crippen molar-refractivity contribution in [3.63, 3.8) is 0 Å². The molecule has 0 aliphatic heterocycles. The SMILES string of the molecule is COCC(O)CN(C)Cc1ccc(C(C)C)cc1. The summed E-state index contributed by atoms with van der Waals surface area (Å²) in [4.78, 5) is 2.11. The van der Waals surface area contributed by atoms with E-state index in [0.717, 1.165) is 6.54 Å². The zero-order chi connectivity index (χ0) is 13.5. The van der Waals surface area contributed by atoms with Crippen LogP contribution in [0.4, 0.5) is 0 Å². The van der Waals surface area contributed by atoms with Gasteiger partial charge in [-0.15, -0.1) is 0 Å². The zero-order valence-corrected chi connectivity index (χ0v) is 11.9. The molecule has 0 bridgehead atoms. The summed E-state index contributed by atoms with van der Waals surface area (Å²) < 4.78 is 4.92. The highest BCUT2D eigenvalue weighted by Gasteiger charge is 2.08. The maximum atomic E-state index is 9.65. The number of hydrogen-bond acceptors (Lipinski definition) is 3. The first-order chi connectivity index (χ1) is 8.52. The molecule has 102 valence electrons. The fourth-order valence-corrected chi connectivity index (χ4v) is 1.99. The molecule has 0 heterocycles. The molecule has 0 saturated heterocycles. The van der Waals surface area contributed by atoms with Crippen molar-refractivity contribution in [2.45, 2.75) is 32.4 Å². The number of ether oxygens (including phenoxy) is 1. The van der Waals surface area contributed by atoms with E-state index in [2.05, 4.69) is 43.0 Å². The average molecular weight is 251 g/mol. The van der Waals surface area contributed by atoms with Crippen LogP contribution in [-0.4, -0.2) is 43.4 Å². The Balaban J connectivity index is 2.46. The van der Waals surface area contributed by atoms with Crippen LogP contribution in [0.5, 0.6) is 0 Å². The van der Waals surface area contributed by atoms with Crippen molar-refractivity contribution in [2.75, 3.05) is 27.3 Å². The smallest absolute Gasteiger partial charge is 0.0900 e. The van der Waals surface area contributed by atoms with Crippen LogP contribution in [0.1, 0.15) is 30.9 Å². The Bertz CT molecular complexity index is 335. The first-order valence-corrected chi connectivity index (χ1v) is 6.47. The highest BCUT2D eigenvalue weighted by Crippen LogP contribution is 2.15. The number of benzene rings is 1. The quantitative estimate of drug-likeness (QED) is 0.807. The third-order valence-corrected chi connectivity index (χ3v) is 2.98. The van der Waals surface area contributed by atoms with Gasteiger partial charge in [0.1, 0.15) is 0 Å². The largest absolute Gasteiger partial charge is 0.389 e. The highest BCUT2D eigenvalue weighted by molar-refractivity contribution is 5.24. The van der Waals surface area contributed by atoms with E-state index in [9.17, 15) is 5.11 Å². The molecule has 0 spiro atoms. The van der Waals surface area contributed by atoms with Gasteiger partial charge in [-0.2, -0.15) is 0 Å². The predicted octanol–water partition coefficient (Wildman–Crippen LogP) is 2.25. The molecular formula is C15H25NO2. The van der Waals surface area contributed by atoms with Crippen molar-refractivity contribution >= 4 is 0 Å². The summed E-state index contributed by atoms with van der Waals surface area (Å²) in [5, 5.41) is 9.65. The topological polar surface area (TPSA) is 32.7 Å². The van der Waals surface area contributed by atoms with Gasteiger partial charge in [-0.25, -0.2) is 0 Å². The number of aliphatic hydroxyl groups excluding tert-OH is 1. The Kier molecular flexibility index (Phi) is 6.33. The van der Waals surface area contributed by atoms with Crippen LogP contribution < -0.4 is 0 Å². The van der Waals surface area contributed by atoms with Gasteiger partial charge in [0, 0.05) is 20.2 Å². The predicted molar refractivity (Wildman–Crippen MR) is 74.7 cm³/mol. The lowest BCUT2D eigenvalue weighted by atomic mass is 10.0. The molecule has 0 amide bonds. The van der Waals surface area contributed by atoms with E-state index in [0.29, 0.717) is 19.1 Å². The molecule has 0 fully saturated rings. The Morgan fingerprint density at radius 2 is 1.83 bits per heavy atom. The molecule has 18 heavy (non-hydrogen) atoms. The second-order valence-corrected chi connectivity index (χ2v) is 5.20. The van der Waals surface area contributed by atoms with Crippen LogP contribution >= 0.6 is 0 Å². The van der Waals surface area contributed by atoms with E-state index >= 15 is 0 Å². The van der Waals surface area contributed by atoms with Crippen molar-refractivity contribution in [1.29, 1.82) is 0 Å². The van der Waals surface area contributed by atoms with E-state index in [4.69, 9.17) is 4.74 Å². The Morgan fingerprint density at radius 3 is 2.33 bits per heavy atom. The third kappa shape index (κ3) is 5.17. The van der Waals surface area contributed by atoms with Gasteiger partial charge in [0.2, 0.25) is 0 Å². The Labute approximate surface area is 110 Å². The molecule has 1 rings (SSSR count). The van der Waals surface area contributed by atoms with E-state index < -0.39 is 6.10 Å². The van der Waals surface area contributed by atoms with E-state index in [-0.39, 0.29) is 0 Å². The molecule has 1 N–H and O–H groups in total. The van der Waals surface area contributed by atoms with Crippen molar-refractivity contribution in [2.24, 2.45) is 0 Å². The van der Waals surface area contributed by atoms with Crippen molar-refractivity contribution in [1.82, 2.24) is 4.90 Å². The molecule has 1 atom stereocenters. The number of hydrogen-bond donors (Lipinski definition) is 1. The van der Waals surface area contributed by atoms with Crippen molar-refractivity contribution in [3.05, 3.63) is 35.4 Å². The molecule has 1 unspecified atom stereocenters. The second kappa shape index (κ2) is 7.52. The first kappa shape index (κ1) is 15.2. The number of nitrogens with zero attached hydrogens (tertiary/aromatic N) is 1. The lowest BCUT2D eigenvalue weighted by Crippen LogP contribution is -2.31. The van der Waals surface area contributed by atoms with Crippen LogP contribution in [0, 0.1) is 0 Å². The summed E-state index contributed by atoms with van der Waals surface area (Å²) in [6.45, 7) is 6.25. The summed E-state index contributed by atoms with van der Waals surface area (Å²) in [5.41, 5.74) is 2.63. The lowest BCUT2D eigenvalue weighted by molar-refractivity contribution is 0.0419. The molecular weight excluding hydrogens is 226 g/mol. The minimum Gasteiger partial charge on any atom is -0.389 e. The van der Waals surface area contributed by atoms with Gasteiger partial charge in [0.25, 0.3) is 0 Å². The lowest BCUT2D eigenvalue weighted by Gasteiger charge is -2.20. The van der Waals surface area contributed by atoms with Crippen LogP contribution in [0.3, 0.4) is 0 Å². The van der Waals surface area contributed by atoms with Gasteiger partial charge >= 0.3 is 0 Å². The summed E-state index contributed by atoms with van der Waals surface area (Å²) in [6.07, 6.45) is -0.421. The van der Waals surface area contributed by atoms with Gasteiger partial charge < -0.3 is 9.84 Å². The molecule has 3 nitrogen and oxygen atoms in total. The van der Waals surface area contributed by atoms with Crippen LogP contribution in [-0.2, 0) is 11.3 Å². The van der Waals surface area contributed by atoms with Gasteiger partial charge in [-0.05, 0) is 24.1 Å². The fraction of sp³-hybridized carbons (Fsp3) is 0.600. The second-order valence-electron chi connectivity index (χ2n) is 5.20. The highest BCUT2D eigenvalue weighted by atomic mass is 16.5. The van der Waals surface area contributed by atoms with E-state index in [1.807, 2.05) is 7.05 Å². The maximum absolute atomic E-state index is 9.65. The van der Waals surface area contributed by atoms with Gasteiger partial charge in [-0.3, -0.25) is 4.90 Å². The molecule has 0 radical (unpaired) electrons. The van der Waals surface area contributed by atoms with Crippen LogP contribution in [0.2, 0.25) is 0 Å². The molecule has 1 aromatic rings. The Hall–Kier alpha value is -0.900. The third-order valence-electron chi connectivity index (χ3n) is 2.98. The minimum absolute atomic E-state index is 0.386. The summed E-state index contributed by atoms with van der Waals surface area (Å²) in [7, 11) is 3.61. The first-order valence-electron chi connectivity index (χ1n) is 6.47. The van der Waals surface area contributed by atoms with Crippen molar-refractivity contribution in [3.8, 4) is 0 Å². The van der Waals surface area contributed by atoms with Gasteiger partial charge in [0.05, 0.1) is 12.7 Å². The standard InChI is InChI=1S/C15H25NO2/c1-12(2)14-7-5-13(6-8-14)9-16(3)10-15(17)11-18-4/h5-8,12,15,17H,9-11H2,1-4H3. The molecule has 0 saturated carbocycles. The normalized spacial score (nSPS) is 13.3. The van der Waals surface area contributed by atoms with E-state index in [1.165, 1.54) is 11.1 Å². The number of rotatable bonds is 7. The summed E-state index contributed by atoms with van der Waals surface area (Å²) >= 11 is 0. The summed E-state index contributed by atoms with van der Waals surface area (Å²) in [6, 6.07) is 8.68. The average Bonchev–Trinajstić information content (AvgIpc) is 2.29. The molecule has 0 aromatic heterocycles. The monoisotopic (exact) mass is 251 g/mol. The molecule has 0 aliphatic rings. The summed E-state index contributed by atoms with van der Waals surface area (Å²) in [5.74, 6) is 0.570. The molecule has 0 aliphatic carbocycles. The Morgan fingerprint density at radius 1 is 1.22 bits per heavy atom. The maximum Gasteiger partial charge on any atom is 0.0900 e. The minimum atomic E-state index is -0.421. The number of methoxy groups -OCH3 is 1. The van der Waals surface area contributed by atoms with Crippen LogP contribution in [0.25, 0.3) is 0 Å². The van der Waals surface area contributed by atoms with Crippen molar-refractivity contribution < 1.29 is 9.84 Å². The van der Waals surface area contributed by atoms with Crippen LogP contribution in [0.15, 0.2) is 24.3 Å². The van der Waals surface area contributed by atoms with Gasteiger partial charge in [0.15, 0.2) is 0 Å². The number of aliphatic hydroxyl groups is 1.